The molecule has 0 spiro atoms. The monoisotopic (exact) mass is 533 g/mol. The standard InChI is InChI=1S/C29H43NO8/c1-7-33-28(34-8-2,35-9-3)20-18-24-25(19-21-29(36-10-4,37-11-5)38-12-6)27(32)30(26(24)31)22-23-16-14-13-15-17-23/h23H,7-17,22H2,1-6H3. The van der Waals surface area contributed by atoms with E-state index in [0.717, 1.165) is 25.7 Å². The summed E-state index contributed by atoms with van der Waals surface area (Å²) in [4.78, 5) is 28.4. The maximum atomic E-state index is 13.6. The first-order valence-electron chi connectivity index (χ1n) is 13.8. The summed E-state index contributed by atoms with van der Waals surface area (Å²) in [5.41, 5.74) is -0.0830. The van der Waals surface area contributed by atoms with E-state index in [2.05, 4.69) is 23.7 Å². The number of imide groups is 1. The fourth-order valence-corrected chi connectivity index (χ4v) is 4.49. The summed E-state index contributed by atoms with van der Waals surface area (Å²) in [6.45, 7) is 12.6. The van der Waals surface area contributed by atoms with Crippen molar-refractivity contribution in [1.29, 1.82) is 0 Å². The fraction of sp³-hybridized carbons (Fsp3) is 0.724. The highest BCUT2D eigenvalue weighted by atomic mass is 16.9. The number of carbonyl (C=O) groups is 2. The minimum atomic E-state index is -1.67. The molecule has 0 atom stereocenters. The summed E-state index contributed by atoms with van der Waals surface area (Å²) in [7, 11) is 0. The molecule has 0 saturated heterocycles. The van der Waals surface area contributed by atoms with Gasteiger partial charge in [0.2, 0.25) is 0 Å². The van der Waals surface area contributed by atoms with Crippen LogP contribution in [0.15, 0.2) is 11.1 Å². The van der Waals surface area contributed by atoms with Gasteiger partial charge in [0, 0.05) is 6.54 Å². The zero-order valence-corrected chi connectivity index (χ0v) is 23.8. The fourth-order valence-electron chi connectivity index (χ4n) is 4.49. The summed E-state index contributed by atoms with van der Waals surface area (Å²) in [6.07, 6.45) is 5.30. The highest BCUT2D eigenvalue weighted by Crippen LogP contribution is 2.29. The van der Waals surface area contributed by atoms with Crippen molar-refractivity contribution in [2.45, 2.75) is 85.6 Å². The van der Waals surface area contributed by atoms with E-state index in [0.29, 0.717) is 6.54 Å². The molecule has 0 aromatic carbocycles. The molecule has 1 aliphatic carbocycles. The van der Waals surface area contributed by atoms with E-state index >= 15 is 0 Å². The molecule has 38 heavy (non-hydrogen) atoms. The van der Waals surface area contributed by atoms with Crippen LogP contribution in [-0.2, 0) is 38.0 Å². The lowest BCUT2D eigenvalue weighted by Gasteiger charge is -2.26. The predicted octanol–water partition coefficient (Wildman–Crippen LogP) is 3.77. The third-order valence-corrected chi connectivity index (χ3v) is 6.02. The van der Waals surface area contributed by atoms with Crippen molar-refractivity contribution in [3.8, 4) is 23.7 Å². The summed E-state index contributed by atoms with van der Waals surface area (Å²) in [6, 6.07) is 0. The van der Waals surface area contributed by atoms with Gasteiger partial charge in [0.25, 0.3) is 11.8 Å². The van der Waals surface area contributed by atoms with E-state index in [1.54, 1.807) is 41.5 Å². The molecule has 0 bridgehead atoms. The van der Waals surface area contributed by atoms with Crippen LogP contribution in [0.5, 0.6) is 0 Å². The molecule has 2 aliphatic rings. The number of hydrogen-bond donors (Lipinski definition) is 0. The number of ether oxygens (including phenoxy) is 6. The quantitative estimate of drug-likeness (QED) is 0.189. The Labute approximate surface area is 227 Å². The van der Waals surface area contributed by atoms with Gasteiger partial charge in [-0.05, 0) is 72.1 Å². The zero-order valence-electron chi connectivity index (χ0n) is 23.8. The van der Waals surface area contributed by atoms with Gasteiger partial charge < -0.3 is 28.4 Å². The van der Waals surface area contributed by atoms with Crippen molar-refractivity contribution in [2.24, 2.45) is 5.92 Å². The van der Waals surface area contributed by atoms with Gasteiger partial charge in [0.15, 0.2) is 0 Å². The average Bonchev–Trinajstić information content (AvgIpc) is 3.11. The minimum absolute atomic E-state index is 0.0415. The molecule has 0 unspecified atom stereocenters. The first kappa shape index (κ1) is 32.0. The molecule has 0 aromatic heterocycles. The number of carbonyl (C=O) groups excluding carboxylic acids is 2. The highest BCUT2D eigenvalue weighted by molar-refractivity contribution is 6.23. The minimum Gasteiger partial charge on any atom is -0.317 e. The Morgan fingerprint density at radius 2 is 0.974 bits per heavy atom. The van der Waals surface area contributed by atoms with Crippen molar-refractivity contribution in [1.82, 2.24) is 4.90 Å². The van der Waals surface area contributed by atoms with Gasteiger partial charge in [-0.3, -0.25) is 14.5 Å². The van der Waals surface area contributed by atoms with Gasteiger partial charge in [0.05, 0.1) is 39.6 Å². The van der Waals surface area contributed by atoms with Crippen LogP contribution in [0.2, 0.25) is 0 Å². The Kier molecular flexibility index (Phi) is 13.5. The van der Waals surface area contributed by atoms with Crippen LogP contribution in [0.4, 0.5) is 0 Å². The molecule has 1 saturated carbocycles. The van der Waals surface area contributed by atoms with E-state index in [1.807, 2.05) is 0 Å². The summed E-state index contributed by atoms with van der Waals surface area (Å²) >= 11 is 0. The lowest BCUT2D eigenvalue weighted by Crippen LogP contribution is -2.38. The normalized spacial score (nSPS) is 16.9. The number of amides is 2. The molecular formula is C29H43NO8. The second-order valence-electron chi connectivity index (χ2n) is 8.69. The Balaban J connectivity index is 2.59. The first-order chi connectivity index (χ1) is 18.3. The summed E-state index contributed by atoms with van der Waals surface area (Å²) in [5.74, 6) is 7.21. The summed E-state index contributed by atoms with van der Waals surface area (Å²) in [5, 5.41) is 0. The topological polar surface area (TPSA) is 92.8 Å². The van der Waals surface area contributed by atoms with Crippen LogP contribution in [0.3, 0.4) is 0 Å². The molecule has 0 aromatic rings. The molecule has 0 radical (unpaired) electrons. The van der Waals surface area contributed by atoms with Gasteiger partial charge in [-0.15, -0.1) is 0 Å². The number of nitrogens with zero attached hydrogens (tertiary/aromatic N) is 1. The second kappa shape index (κ2) is 16.0. The lowest BCUT2D eigenvalue weighted by atomic mass is 9.89. The van der Waals surface area contributed by atoms with Crippen molar-refractivity contribution < 1.29 is 38.0 Å². The molecule has 1 fully saturated rings. The number of hydrogen-bond acceptors (Lipinski definition) is 8. The summed E-state index contributed by atoms with van der Waals surface area (Å²) < 4.78 is 34.1. The van der Waals surface area contributed by atoms with E-state index in [9.17, 15) is 9.59 Å². The van der Waals surface area contributed by atoms with Gasteiger partial charge in [-0.1, -0.05) is 31.1 Å². The Bertz CT molecular complexity index is 845. The third-order valence-electron chi connectivity index (χ3n) is 6.02. The highest BCUT2D eigenvalue weighted by Gasteiger charge is 2.40. The van der Waals surface area contributed by atoms with Gasteiger partial charge in [-0.2, -0.15) is 0 Å². The van der Waals surface area contributed by atoms with E-state index < -0.39 is 23.8 Å². The van der Waals surface area contributed by atoms with Crippen molar-refractivity contribution in [2.75, 3.05) is 46.2 Å². The van der Waals surface area contributed by atoms with Gasteiger partial charge >= 0.3 is 11.9 Å². The van der Waals surface area contributed by atoms with E-state index in [4.69, 9.17) is 28.4 Å². The molecule has 9 heteroatoms. The van der Waals surface area contributed by atoms with Crippen molar-refractivity contribution >= 4 is 11.8 Å². The molecular weight excluding hydrogens is 490 g/mol. The largest absolute Gasteiger partial charge is 0.353 e. The molecule has 9 nitrogen and oxygen atoms in total. The maximum absolute atomic E-state index is 13.6. The lowest BCUT2D eigenvalue weighted by molar-refractivity contribution is -0.339. The van der Waals surface area contributed by atoms with Crippen molar-refractivity contribution in [3.63, 3.8) is 0 Å². The average molecular weight is 534 g/mol. The van der Waals surface area contributed by atoms with Crippen LogP contribution in [0.25, 0.3) is 0 Å². The Morgan fingerprint density at radius 3 is 1.29 bits per heavy atom. The van der Waals surface area contributed by atoms with Crippen LogP contribution >= 0.6 is 0 Å². The van der Waals surface area contributed by atoms with Gasteiger partial charge in [0.1, 0.15) is 11.1 Å². The molecule has 1 aliphatic heterocycles. The molecule has 0 N–H and O–H groups in total. The van der Waals surface area contributed by atoms with Crippen LogP contribution in [0, 0.1) is 29.6 Å². The van der Waals surface area contributed by atoms with Crippen LogP contribution < -0.4 is 0 Å². The third kappa shape index (κ3) is 8.38. The van der Waals surface area contributed by atoms with E-state index in [-0.39, 0.29) is 56.7 Å². The predicted molar refractivity (Wildman–Crippen MR) is 141 cm³/mol. The Hall–Kier alpha value is -2.24. The number of rotatable bonds is 14. The van der Waals surface area contributed by atoms with Crippen LogP contribution in [-0.4, -0.2) is 74.8 Å². The molecule has 1 heterocycles. The first-order valence-corrected chi connectivity index (χ1v) is 13.8. The molecule has 2 amide bonds. The SMILES string of the molecule is CCOC(C#CC1=C(C#CC(OCC)(OCC)OCC)C(=O)N(CC2CCCCC2)C1=O)(OCC)OCC. The smallest absolute Gasteiger partial charge is 0.317 e. The maximum Gasteiger partial charge on any atom is 0.353 e. The van der Waals surface area contributed by atoms with E-state index in [1.165, 1.54) is 11.3 Å². The molecule has 212 valence electrons. The van der Waals surface area contributed by atoms with Gasteiger partial charge in [-0.25, -0.2) is 0 Å². The van der Waals surface area contributed by atoms with Crippen LogP contribution in [0.1, 0.15) is 73.6 Å². The zero-order chi connectivity index (χ0) is 28.0. The molecule has 2 rings (SSSR count). The second-order valence-corrected chi connectivity index (χ2v) is 8.69. The Morgan fingerprint density at radius 1 is 0.632 bits per heavy atom. The van der Waals surface area contributed by atoms with Crippen molar-refractivity contribution in [3.05, 3.63) is 11.1 Å².